The molecular weight excluding hydrogens is 312 g/mol. The average molecular weight is 329 g/mol. The lowest BCUT2D eigenvalue weighted by Crippen LogP contribution is -2.35. The van der Waals surface area contributed by atoms with Crippen molar-refractivity contribution in [1.29, 1.82) is 0 Å². The maximum absolute atomic E-state index is 7.59. The molecule has 0 N–H and O–H groups in total. The molecule has 4 atom stereocenters. The molecule has 1 heteroatoms. The first-order valence-corrected chi connectivity index (χ1v) is 9.03. The van der Waals surface area contributed by atoms with Gasteiger partial charge in [0.2, 0.25) is 0 Å². The van der Waals surface area contributed by atoms with Gasteiger partial charge in [0.15, 0.2) is 0 Å². The molecule has 3 aromatic rings. The van der Waals surface area contributed by atoms with E-state index in [1.54, 1.807) is 0 Å². The van der Waals surface area contributed by atoms with Crippen LogP contribution < -0.4 is 0 Å². The predicted molar refractivity (Wildman–Crippen MR) is 97.8 cm³/mol. The Morgan fingerprint density at radius 3 is 1.46 bits per heavy atom. The van der Waals surface area contributed by atoms with E-state index in [0.717, 1.165) is 0 Å². The topological polar surface area (TPSA) is 0 Å². The largest absolute Gasteiger partial charge is 0.108 e. The Morgan fingerprint density at radius 2 is 1.00 bits per heavy atom. The molecule has 0 spiro atoms. The molecule has 0 aromatic heterocycles. The summed E-state index contributed by atoms with van der Waals surface area (Å²) in [4.78, 5) is -0.436. The molecule has 0 saturated heterocycles. The molecule has 0 heterocycles. The van der Waals surface area contributed by atoms with Gasteiger partial charge in [0.1, 0.15) is 4.87 Å². The second kappa shape index (κ2) is 3.95. The van der Waals surface area contributed by atoms with E-state index >= 15 is 0 Å². The van der Waals surface area contributed by atoms with Gasteiger partial charge in [-0.2, -0.15) is 0 Å². The van der Waals surface area contributed by atoms with E-state index in [4.69, 9.17) is 11.6 Å². The standard InChI is InChI=1S/C23H17Cl/c1-22-20-14-8-2-3-9-15(14)21(22)17-11-5-7-13-19(17)23(22,24)18-12-6-4-10-16(18)20/h2-13,20-21H,1H3/t20-,21+,22?,23?. The highest BCUT2D eigenvalue weighted by Gasteiger charge is 2.71. The van der Waals surface area contributed by atoms with Crippen molar-refractivity contribution in [2.75, 3.05) is 0 Å². The molecule has 3 aromatic carbocycles. The van der Waals surface area contributed by atoms with E-state index in [-0.39, 0.29) is 5.41 Å². The molecule has 24 heavy (non-hydrogen) atoms. The second-order valence-corrected chi connectivity index (χ2v) is 8.18. The summed E-state index contributed by atoms with van der Waals surface area (Å²) in [5, 5.41) is 0. The van der Waals surface area contributed by atoms with Gasteiger partial charge in [-0.25, -0.2) is 0 Å². The van der Waals surface area contributed by atoms with Crippen LogP contribution in [-0.2, 0) is 4.87 Å². The fourth-order valence-corrected chi connectivity index (χ4v) is 6.64. The Labute approximate surface area is 147 Å². The van der Waals surface area contributed by atoms with Crippen LogP contribution in [0.4, 0.5) is 0 Å². The minimum atomic E-state index is -0.436. The summed E-state index contributed by atoms with van der Waals surface area (Å²) in [5.41, 5.74) is 8.35. The van der Waals surface area contributed by atoms with Gasteiger partial charge >= 0.3 is 0 Å². The van der Waals surface area contributed by atoms with E-state index in [9.17, 15) is 0 Å². The zero-order chi connectivity index (χ0) is 16.1. The van der Waals surface area contributed by atoms with Crippen LogP contribution in [-0.4, -0.2) is 0 Å². The van der Waals surface area contributed by atoms with E-state index in [2.05, 4.69) is 79.7 Å². The average Bonchev–Trinajstić information content (AvgIpc) is 3.09. The molecule has 6 rings (SSSR count). The van der Waals surface area contributed by atoms with Crippen molar-refractivity contribution in [2.24, 2.45) is 5.41 Å². The first-order chi connectivity index (χ1) is 11.7. The summed E-state index contributed by atoms with van der Waals surface area (Å²) in [6, 6.07) is 26.6. The second-order valence-electron chi connectivity index (χ2n) is 7.61. The smallest absolute Gasteiger partial charge is 0.102 e. The highest BCUT2D eigenvalue weighted by atomic mass is 35.5. The van der Waals surface area contributed by atoms with E-state index in [0.29, 0.717) is 11.8 Å². The van der Waals surface area contributed by atoms with Crippen LogP contribution in [0.15, 0.2) is 72.8 Å². The first-order valence-electron chi connectivity index (χ1n) is 8.65. The Kier molecular flexibility index (Phi) is 2.18. The van der Waals surface area contributed by atoms with Crippen molar-refractivity contribution in [3.05, 3.63) is 106 Å². The molecule has 3 aliphatic carbocycles. The number of benzene rings is 3. The number of alkyl halides is 1. The van der Waals surface area contributed by atoms with Gasteiger partial charge in [-0.3, -0.25) is 0 Å². The van der Waals surface area contributed by atoms with Crippen LogP contribution >= 0.6 is 11.6 Å². The lowest BCUT2D eigenvalue weighted by atomic mass is 9.70. The van der Waals surface area contributed by atoms with Crippen LogP contribution in [0.1, 0.15) is 52.1 Å². The third kappa shape index (κ3) is 1.12. The van der Waals surface area contributed by atoms with Crippen LogP contribution in [0.25, 0.3) is 0 Å². The van der Waals surface area contributed by atoms with Crippen LogP contribution in [0.5, 0.6) is 0 Å². The van der Waals surface area contributed by atoms with Gasteiger partial charge in [-0.1, -0.05) is 79.7 Å². The minimum absolute atomic E-state index is 0.0361. The van der Waals surface area contributed by atoms with Gasteiger partial charge in [-0.05, 0) is 33.4 Å². The Morgan fingerprint density at radius 1 is 0.625 bits per heavy atom. The van der Waals surface area contributed by atoms with Crippen LogP contribution in [0.3, 0.4) is 0 Å². The van der Waals surface area contributed by atoms with Crippen LogP contribution in [0.2, 0.25) is 0 Å². The molecule has 0 aliphatic heterocycles. The molecule has 116 valence electrons. The molecule has 3 aliphatic rings. The Bertz CT molecular complexity index is 941. The molecule has 0 saturated carbocycles. The highest BCUT2D eigenvalue weighted by Crippen LogP contribution is 2.79. The molecule has 0 amide bonds. The molecule has 0 bridgehead atoms. The maximum atomic E-state index is 7.59. The minimum Gasteiger partial charge on any atom is -0.108 e. The van der Waals surface area contributed by atoms with E-state index in [1.807, 2.05) is 0 Å². The Hall–Kier alpha value is -2.05. The van der Waals surface area contributed by atoms with E-state index < -0.39 is 4.87 Å². The number of halogens is 1. The maximum Gasteiger partial charge on any atom is 0.102 e. The molecule has 2 unspecified atom stereocenters. The van der Waals surface area contributed by atoms with Gasteiger partial charge in [0.05, 0.1) is 0 Å². The molecule has 0 fully saturated rings. The van der Waals surface area contributed by atoms with E-state index in [1.165, 1.54) is 33.4 Å². The number of hydrogen-bond acceptors (Lipinski definition) is 0. The zero-order valence-electron chi connectivity index (χ0n) is 13.5. The molecular formula is C23H17Cl. The van der Waals surface area contributed by atoms with Crippen molar-refractivity contribution >= 4 is 11.6 Å². The molecule has 0 nitrogen and oxygen atoms in total. The van der Waals surface area contributed by atoms with Crippen molar-refractivity contribution < 1.29 is 0 Å². The highest BCUT2D eigenvalue weighted by molar-refractivity contribution is 6.28. The van der Waals surface area contributed by atoms with Crippen molar-refractivity contribution in [3.63, 3.8) is 0 Å². The quantitative estimate of drug-likeness (QED) is 0.459. The predicted octanol–water partition coefficient (Wildman–Crippen LogP) is 5.78. The number of rotatable bonds is 0. The summed E-state index contributed by atoms with van der Waals surface area (Å²) in [6.45, 7) is 2.41. The molecule has 0 radical (unpaired) electrons. The summed E-state index contributed by atoms with van der Waals surface area (Å²) in [6.07, 6.45) is 0. The summed E-state index contributed by atoms with van der Waals surface area (Å²) in [7, 11) is 0. The third-order valence-electron chi connectivity index (χ3n) is 6.85. The first kappa shape index (κ1) is 13.3. The van der Waals surface area contributed by atoms with Gasteiger partial charge in [0.25, 0.3) is 0 Å². The summed E-state index contributed by atoms with van der Waals surface area (Å²) < 4.78 is 0. The van der Waals surface area contributed by atoms with Gasteiger partial charge < -0.3 is 0 Å². The Balaban J connectivity index is 1.85. The lowest BCUT2D eigenvalue weighted by Gasteiger charge is -2.37. The third-order valence-corrected chi connectivity index (χ3v) is 7.66. The monoisotopic (exact) mass is 328 g/mol. The fraction of sp³-hybridized carbons (Fsp3) is 0.217. The summed E-state index contributed by atoms with van der Waals surface area (Å²) >= 11 is 7.59. The zero-order valence-corrected chi connectivity index (χ0v) is 14.2. The fourth-order valence-electron chi connectivity index (χ4n) is 6.08. The van der Waals surface area contributed by atoms with Crippen molar-refractivity contribution in [2.45, 2.75) is 23.6 Å². The van der Waals surface area contributed by atoms with Gasteiger partial charge in [0, 0.05) is 17.3 Å². The number of hydrogen-bond donors (Lipinski definition) is 0. The van der Waals surface area contributed by atoms with Gasteiger partial charge in [-0.15, -0.1) is 11.6 Å². The summed E-state index contributed by atoms with van der Waals surface area (Å²) in [5.74, 6) is 0.750. The SMILES string of the molecule is CC12[C@@H]3c4ccccc4[C@H]1c1ccccc1C2(Cl)c1ccccc13. The lowest BCUT2D eigenvalue weighted by molar-refractivity contribution is 0.260. The normalized spacial score (nSPS) is 33.8. The van der Waals surface area contributed by atoms with Crippen molar-refractivity contribution in [1.82, 2.24) is 0 Å². The van der Waals surface area contributed by atoms with Crippen molar-refractivity contribution in [3.8, 4) is 0 Å². The number of fused-ring (bicyclic) bond motifs is 9. The van der Waals surface area contributed by atoms with Crippen LogP contribution in [0, 0.1) is 5.41 Å².